The van der Waals surface area contributed by atoms with Gasteiger partial charge in [-0.15, -0.1) is 5.10 Å². The Labute approximate surface area is 179 Å². The lowest BCUT2D eigenvalue weighted by Gasteiger charge is -2.08. The molecule has 0 spiro atoms. The van der Waals surface area contributed by atoms with Crippen LogP contribution in [0.15, 0.2) is 48.7 Å². The van der Waals surface area contributed by atoms with Crippen LogP contribution in [0.25, 0.3) is 0 Å². The van der Waals surface area contributed by atoms with E-state index in [4.69, 9.17) is 21.1 Å². The predicted octanol–water partition coefficient (Wildman–Crippen LogP) is 2.42. The summed E-state index contributed by atoms with van der Waals surface area (Å²) in [6.45, 7) is 2.57. The van der Waals surface area contributed by atoms with E-state index in [1.807, 2.05) is 36.4 Å². The summed E-state index contributed by atoms with van der Waals surface area (Å²) in [5, 5.41) is 14.8. The molecule has 0 fully saturated rings. The molecule has 30 heavy (non-hydrogen) atoms. The first-order valence-corrected chi connectivity index (χ1v) is 10.1. The largest absolute Gasteiger partial charge is 0.454 e. The summed E-state index contributed by atoms with van der Waals surface area (Å²) in [6.07, 6.45) is 2.42. The van der Waals surface area contributed by atoms with Gasteiger partial charge in [0.2, 0.25) is 6.79 Å². The molecule has 0 saturated heterocycles. The minimum Gasteiger partial charge on any atom is -0.454 e. The van der Waals surface area contributed by atoms with Crippen LogP contribution in [0.5, 0.6) is 11.5 Å². The van der Waals surface area contributed by atoms with Crippen LogP contribution in [0.4, 0.5) is 0 Å². The summed E-state index contributed by atoms with van der Waals surface area (Å²) in [7, 11) is 0. The average Bonchev–Trinajstić information content (AvgIpc) is 3.41. The maximum absolute atomic E-state index is 12.2. The van der Waals surface area contributed by atoms with Gasteiger partial charge in [-0.2, -0.15) is 0 Å². The Balaban J connectivity index is 1.20. The molecular formula is C21H22ClN5O3. The average molecular weight is 428 g/mol. The molecule has 0 unspecified atom stereocenters. The summed E-state index contributed by atoms with van der Waals surface area (Å²) in [4.78, 5) is 12.2. The van der Waals surface area contributed by atoms with E-state index in [-0.39, 0.29) is 12.7 Å². The third-order valence-electron chi connectivity index (χ3n) is 4.69. The number of hydrogen-bond acceptors (Lipinski definition) is 6. The zero-order chi connectivity index (χ0) is 20.8. The number of carbonyl (C=O) groups is 1. The topological polar surface area (TPSA) is 90.3 Å². The maximum Gasteiger partial charge on any atom is 0.273 e. The smallest absolute Gasteiger partial charge is 0.273 e. The van der Waals surface area contributed by atoms with Crippen molar-refractivity contribution >= 4 is 17.5 Å². The van der Waals surface area contributed by atoms with Gasteiger partial charge in [0.25, 0.3) is 5.91 Å². The molecule has 1 aromatic heterocycles. The van der Waals surface area contributed by atoms with Crippen LogP contribution in [0.2, 0.25) is 5.02 Å². The number of nitrogens with zero attached hydrogens (tertiary/aromatic N) is 3. The minimum atomic E-state index is -0.225. The van der Waals surface area contributed by atoms with E-state index in [1.54, 1.807) is 16.9 Å². The molecule has 0 radical (unpaired) electrons. The number of fused-ring (bicyclic) bond motifs is 1. The molecule has 0 atom stereocenters. The van der Waals surface area contributed by atoms with Crippen LogP contribution >= 0.6 is 11.6 Å². The summed E-state index contributed by atoms with van der Waals surface area (Å²) < 4.78 is 12.3. The number of rotatable bonds is 9. The van der Waals surface area contributed by atoms with Crippen molar-refractivity contribution in [3.05, 3.63) is 70.5 Å². The van der Waals surface area contributed by atoms with Crippen LogP contribution in [-0.4, -0.2) is 40.8 Å². The van der Waals surface area contributed by atoms with Gasteiger partial charge in [0.1, 0.15) is 0 Å². The molecule has 1 amide bonds. The van der Waals surface area contributed by atoms with E-state index in [0.29, 0.717) is 48.4 Å². The molecule has 2 N–H and O–H groups in total. The number of amides is 1. The molecular weight excluding hydrogens is 406 g/mol. The van der Waals surface area contributed by atoms with E-state index in [2.05, 4.69) is 20.9 Å². The second-order valence-electron chi connectivity index (χ2n) is 6.83. The van der Waals surface area contributed by atoms with Crippen LogP contribution in [0.3, 0.4) is 0 Å². The third kappa shape index (κ3) is 5.08. The Morgan fingerprint density at radius 1 is 1.13 bits per heavy atom. The van der Waals surface area contributed by atoms with Crippen molar-refractivity contribution in [1.29, 1.82) is 0 Å². The summed E-state index contributed by atoms with van der Waals surface area (Å²) >= 11 is 6.28. The first-order chi connectivity index (χ1) is 14.7. The zero-order valence-corrected chi connectivity index (χ0v) is 17.1. The second kappa shape index (κ2) is 9.60. The van der Waals surface area contributed by atoms with Crippen molar-refractivity contribution in [2.24, 2.45) is 0 Å². The fourth-order valence-electron chi connectivity index (χ4n) is 3.08. The van der Waals surface area contributed by atoms with Gasteiger partial charge >= 0.3 is 0 Å². The monoisotopic (exact) mass is 427 g/mol. The van der Waals surface area contributed by atoms with Crippen LogP contribution in [0, 0.1) is 0 Å². The van der Waals surface area contributed by atoms with Gasteiger partial charge in [-0.3, -0.25) is 9.48 Å². The Kier molecular flexibility index (Phi) is 6.46. The van der Waals surface area contributed by atoms with Gasteiger partial charge < -0.3 is 20.1 Å². The number of carbonyl (C=O) groups excluding carboxylic acids is 1. The molecule has 8 nitrogen and oxygen atoms in total. The quantitative estimate of drug-likeness (QED) is 0.510. The van der Waals surface area contributed by atoms with Gasteiger partial charge in [0, 0.05) is 30.7 Å². The number of ether oxygens (including phenoxy) is 2. The fourth-order valence-corrected chi connectivity index (χ4v) is 3.30. The number of aromatic nitrogens is 3. The predicted molar refractivity (Wildman–Crippen MR) is 112 cm³/mol. The van der Waals surface area contributed by atoms with Gasteiger partial charge in [-0.1, -0.05) is 47.1 Å². The molecule has 9 heteroatoms. The standard InChI is InChI=1S/C21H22ClN5O3/c22-17-11-20-19(29-14-30-20)10-16(17)12-23-8-9-27-13-18(25-26-27)21(28)24-7-6-15-4-2-1-3-5-15/h1-5,10-11,13,23H,6-9,12,14H2,(H,24,28). The second-order valence-corrected chi connectivity index (χ2v) is 7.24. The van der Waals surface area contributed by atoms with Crippen molar-refractivity contribution < 1.29 is 14.3 Å². The molecule has 1 aliphatic heterocycles. The number of halogens is 1. The Morgan fingerprint density at radius 2 is 1.93 bits per heavy atom. The van der Waals surface area contributed by atoms with Gasteiger partial charge in [-0.25, -0.2) is 0 Å². The molecule has 2 heterocycles. The van der Waals surface area contributed by atoms with Crippen molar-refractivity contribution in [3.8, 4) is 11.5 Å². The number of hydrogen-bond donors (Lipinski definition) is 2. The Morgan fingerprint density at radius 3 is 2.77 bits per heavy atom. The summed E-state index contributed by atoms with van der Waals surface area (Å²) in [5.41, 5.74) is 2.41. The highest BCUT2D eigenvalue weighted by Crippen LogP contribution is 2.36. The fraction of sp³-hybridized carbons (Fsp3) is 0.286. The van der Waals surface area contributed by atoms with Crippen molar-refractivity contribution in [1.82, 2.24) is 25.6 Å². The summed E-state index contributed by atoms with van der Waals surface area (Å²) in [5.74, 6) is 1.15. The first-order valence-electron chi connectivity index (χ1n) is 9.70. The van der Waals surface area contributed by atoms with Crippen molar-refractivity contribution in [3.63, 3.8) is 0 Å². The van der Waals surface area contributed by atoms with Crippen molar-refractivity contribution in [2.45, 2.75) is 19.5 Å². The Hall–Kier alpha value is -3.10. The van der Waals surface area contributed by atoms with Gasteiger partial charge in [0.05, 0.1) is 12.7 Å². The number of benzene rings is 2. The molecule has 4 rings (SSSR count). The highest BCUT2D eigenvalue weighted by Gasteiger charge is 2.16. The first kappa shape index (κ1) is 20.2. The minimum absolute atomic E-state index is 0.219. The SMILES string of the molecule is O=C(NCCc1ccccc1)c1cn(CCNCc2cc3c(cc2Cl)OCO3)nn1. The highest BCUT2D eigenvalue weighted by atomic mass is 35.5. The number of nitrogens with one attached hydrogen (secondary N) is 2. The van der Waals surface area contributed by atoms with Gasteiger partial charge in [-0.05, 0) is 23.6 Å². The van der Waals surface area contributed by atoms with E-state index in [0.717, 1.165) is 12.0 Å². The van der Waals surface area contributed by atoms with Crippen LogP contribution in [0.1, 0.15) is 21.6 Å². The lowest BCUT2D eigenvalue weighted by Crippen LogP contribution is -2.26. The summed E-state index contributed by atoms with van der Waals surface area (Å²) in [6, 6.07) is 13.7. The lowest BCUT2D eigenvalue weighted by molar-refractivity contribution is 0.0949. The molecule has 3 aromatic rings. The van der Waals surface area contributed by atoms with E-state index in [1.165, 1.54) is 5.56 Å². The van der Waals surface area contributed by atoms with Gasteiger partial charge in [0.15, 0.2) is 17.2 Å². The third-order valence-corrected chi connectivity index (χ3v) is 5.04. The molecule has 156 valence electrons. The Bertz CT molecular complexity index is 1010. The van der Waals surface area contributed by atoms with Crippen molar-refractivity contribution in [2.75, 3.05) is 19.9 Å². The van der Waals surface area contributed by atoms with E-state index < -0.39 is 0 Å². The van der Waals surface area contributed by atoms with Crippen LogP contribution in [-0.2, 0) is 19.5 Å². The molecule has 0 aliphatic carbocycles. The molecule has 2 aromatic carbocycles. The lowest BCUT2D eigenvalue weighted by atomic mass is 10.1. The molecule has 0 bridgehead atoms. The molecule has 1 aliphatic rings. The normalized spacial score (nSPS) is 12.2. The maximum atomic E-state index is 12.2. The molecule has 0 saturated carbocycles. The van der Waals surface area contributed by atoms with E-state index >= 15 is 0 Å². The highest BCUT2D eigenvalue weighted by molar-refractivity contribution is 6.31. The van der Waals surface area contributed by atoms with E-state index in [9.17, 15) is 4.79 Å². The van der Waals surface area contributed by atoms with Crippen LogP contribution < -0.4 is 20.1 Å². The zero-order valence-electron chi connectivity index (χ0n) is 16.3.